The van der Waals surface area contributed by atoms with Crippen molar-refractivity contribution in [1.29, 1.82) is 0 Å². The number of benzene rings is 2. The summed E-state index contributed by atoms with van der Waals surface area (Å²) in [4.78, 5) is 20.2. The molecule has 7 nitrogen and oxygen atoms in total. The van der Waals surface area contributed by atoms with Crippen molar-refractivity contribution < 1.29 is 9.53 Å². The van der Waals surface area contributed by atoms with Gasteiger partial charge in [-0.1, -0.05) is 29.8 Å². The van der Waals surface area contributed by atoms with Crippen molar-refractivity contribution in [3.8, 4) is 0 Å². The van der Waals surface area contributed by atoms with E-state index in [2.05, 4.69) is 51.8 Å². The second kappa shape index (κ2) is 8.85. The maximum absolute atomic E-state index is 11.7. The van der Waals surface area contributed by atoms with E-state index in [1.807, 2.05) is 0 Å². The van der Waals surface area contributed by atoms with E-state index in [0.717, 1.165) is 11.3 Å². The normalized spacial score (nSPS) is 10.4. The molecular weight excluding hydrogens is 354 g/mol. The summed E-state index contributed by atoms with van der Waals surface area (Å²) < 4.78 is 4.98. The lowest BCUT2D eigenvalue weighted by Crippen LogP contribution is -2.08. The van der Waals surface area contributed by atoms with E-state index in [0.29, 0.717) is 36.0 Å². The van der Waals surface area contributed by atoms with Gasteiger partial charge in [-0.05, 0) is 43.7 Å². The van der Waals surface area contributed by atoms with Crippen LogP contribution in [0.3, 0.4) is 0 Å². The number of anilines is 4. The first kappa shape index (κ1) is 19.2. The van der Waals surface area contributed by atoms with Crippen LogP contribution < -0.4 is 16.4 Å². The first-order valence-electron chi connectivity index (χ1n) is 9.01. The molecule has 0 unspecified atom stereocenters. The Bertz CT molecular complexity index is 940. The van der Waals surface area contributed by atoms with E-state index in [-0.39, 0.29) is 5.97 Å². The van der Waals surface area contributed by atoms with Crippen LogP contribution in [-0.2, 0) is 11.3 Å². The lowest BCUT2D eigenvalue weighted by atomic mass is 10.1. The number of hydrogen-bond donors (Lipinski definition) is 3. The van der Waals surface area contributed by atoms with Crippen LogP contribution in [0.5, 0.6) is 0 Å². The van der Waals surface area contributed by atoms with E-state index in [1.165, 1.54) is 11.9 Å². The summed E-state index contributed by atoms with van der Waals surface area (Å²) in [6.45, 7) is 4.77. The zero-order valence-corrected chi connectivity index (χ0v) is 15.9. The topological polar surface area (TPSA) is 102 Å². The smallest absolute Gasteiger partial charge is 0.338 e. The number of aryl methyl sites for hydroxylation is 1. The van der Waals surface area contributed by atoms with Gasteiger partial charge in [-0.3, -0.25) is 0 Å². The van der Waals surface area contributed by atoms with Crippen molar-refractivity contribution in [2.45, 2.75) is 20.4 Å². The molecule has 3 rings (SSSR count). The number of rotatable bonds is 7. The summed E-state index contributed by atoms with van der Waals surface area (Å²) in [6, 6.07) is 15.2. The quantitative estimate of drug-likeness (QED) is 0.537. The van der Waals surface area contributed by atoms with Crippen LogP contribution in [0, 0.1) is 6.92 Å². The van der Waals surface area contributed by atoms with Crippen LogP contribution in [-0.4, -0.2) is 22.5 Å². The average molecular weight is 377 g/mol. The minimum absolute atomic E-state index is 0.342. The highest BCUT2D eigenvalue weighted by Crippen LogP contribution is 2.26. The van der Waals surface area contributed by atoms with E-state index >= 15 is 0 Å². The van der Waals surface area contributed by atoms with Crippen LogP contribution in [0.25, 0.3) is 0 Å². The lowest BCUT2D eigenvalue weighted by molar-refractivity contribution is 0.0526. The number of hydrogen-bond acceptors (Lipinski definition) is 7. The molecule has 1 heterocycles. The Morgan fingerprint density at radius 3 is 2.39 bits per heavy atom. The predicted molar refractivity (Wildman–Crippen MR) is 111 cm³/mol. The number of esters is 1. The first-order chi connectivity index (χ1) is 13.6. The molecule has 0 spiro atoms. The molecule has 7 heteroatoms. The van der Waals surface area contributed by atoms with Gasteiger partial charge in [0.1, 0.15) is 12.0 Å². The molecule has 0 aliphatic heterocycles. The third-order valence-electron chi connectivity index (χ3n) is 4.12. The van der Waals surface area contributed by atoms with Gasteiger partial charge in [0, 0.05) is 12.2 Å². The van der Waals surface area contributed by atoms with Gasteiger partial charge in [-0.25, -0.2) is 14.8 Å². The summed E-state index contributed by atoms with van der Waals surface area (Å²) in [7, 11) is 0. The van der Waals surface area contributed by atoms with Crippen LogP contribution in [0.2, 0.25) is 0 Å². The first-order valence-corrected chi connectivity index (χ1v) is 9.01. The molecule has 0 fully saturated rings. The number of carbonyl (C=O) groups is 1. The number of carbonyl (C=O) groups excluding carboxylic acids is 1. The van der Waals surface area contributed by atoms with Crippen molar-refractivity contribution in [2.24, 2.45) is 0 Å². The van der Waals surface area contributed by atoms with Gasteiger partial charge in [-0.2, -0.15) is 0 Å². The van der Waals surface area contributed by atoms with Crippen LogP contribution in [0.4, 0.5) is 23.0 Å². The highest BCUT2D eigenvalue weighted by molar-refractivity contribution is 5.90. The fourth-order valence-corrected chi connectivity index (χ4v) is 2.57. The Kier molecular flexibility index (Phi) is 6.06. The van der Waals surface area contributed by atoms with Crippen molar-refractivity contribution in [2.75, 3.05) is 23.0 Å². The average Bonchev–Trinajstić information content (AvgIpc) is 2.70. The maximum atomic E-state index is 11.7. The molecule has 3 aromatic rings. The Labute approximate surface area is 164 Å². The fourth-order valence-electron chi connectivity index (χ4n) is 2.57. The molecule has 144 valence electrons. The van der Waals surface area contributed by atoms with E-state index in [9.17, 15) is 4.79 Å². The largest absolute Gasteiger partial charge is 0.462 e. The minimum atomic E-state index is -0.349. The molecule has 0 amide bonds. The Hall–Kier alpha value is -3.61. The van der Waals surface area contributed by atoms with Crippen LogP contribution in [0.1, 0.15) is 28.4 Å². The fraction of sp³-hybridized carbons (Fsp3) is 0.190. The Balaban J connectivity index is 1.68. The van der Waals surface area contributed by atoms with Crippen molar-refractivity contribution >= 4 is 29.0 Å². The number of nitrogens with two attached hydrogens (primary N) is 1. The summed E-state index contributed by atoms with van der Waals surface area (Å²) in [5.41, 5.74) is 10.2. The van der Waals surface area contributed by atoms with E-state index in [4.69, 9.17) is 10.5 Å². The zero-order valence-electron chi connectivity index (χ0n) is 15.9. The Morgan fingerprint density at radius 1 is 1.04 bits per heavy atom. The predicted octanol–water partition coefficient (Wildman–Crippen LogP) is 3.90. The number of nitrogens with one attached hydrogen (secondary N) is 2. The molecule has 0 radical (unpaired) electrons. The van der Waals surface area contributed by atoms with Gasteiger partial charge < -0.3 is 21.1 Å². The molecular formula is C21H23N5O2. The van der Waals surface area contributed by atoms with Gasteiger partial charge >= 0.3 is 5.97 Å². The van der Waals surface area contributed by atoms with Gasteiger partial charge in [0.15, 0.2) is 11.6 Å². The summed E-state index contributed by atoms with van der Waals surface area (Å²) in [6.07, 6.45) is 1.45. The SMILES string of the molecule is CCOC(=O)c1ccc(Nc2ncnc(NCc3ccc(C)cc3)c2N)cc1. The molecule has 0 aliphatic rings. The summed E-state index contributed by atoms with van der Waals surface area (Å²) in [5, 5.41) is 6.38. The molecule has 1 aromatic heterocycles. The summed E-state index contributed by atoms with van der Waals surface area (Å²) in [5.74, 6) is 0.699. The standard InChI is InChI=1S/C21H23N5O2/c1-3-28-21(27)16-8-10-17(11-9-16)26-20-18(22)19(24-13-25-20)23-12-15-6-4-14(2)5-7-15/h4-11,13H,3,12,22H2,1-2H3,(H2,23,24,25,26). The third kappa shape index (κ3) is 4.76. The second-order valence-electron chi connectivity index (χ2n) is 6.25. The zero-order chi connectivity index (χ0) is 19.9. The van der Waals surface area contributed by atoms with Crippen LogP contribution >= 0.6 is 0 Å². The number of ether oxygens (including phenoxy) is 1. The third-order valence-corrected chi connectivity index (χ3v) is 4.12. The van der Waals surface area contributed by atoms with Crippen molar-refractivity contribution in [1.82, 2.24) is 9.97 Å². The molecule has 28 heavy (non-hydrogen) atoms. The van der Waals surface area contributed by atoms with E-state index < -0.39 is 0 Å². The number of nitrogens with zero attached hydrogens (tertiary/aromatic N) is 2. The maximum Gasteiger partial charge on any atom is 0.338 e. The summed E-state index contributed by atoms with van der Waals surface area (Å²) >= 11 is 0. The van der Waals surface area contributed by atoms with Crippen molar-refractivity contribution in [3.05, 3.63) is 71.5 Å². The highest BCUT2D eigenvalue weighted by Gasteiger charge is 2.10. The number of aromatic nitrogens is 2. The molecule has 4 N–H and O–H groups in total. The van der Waals surface area contributed by atoms with Gasteiger partial charge in [-0.15, -0.1) is 0 Å². The molecule has 2 aromatic carbocycles. The molecule has 0 saturated heterocycles. The molecule has 0 bridgehead atoms. The van der Waals surface area contributed by atoms with Crippen LogP contribution in [0.15, 0.2) is 54.9 Å². The molecule has 0 saturated carbocycles. The second-order valence-corrected chi connectivity index (χ2v) is 6.25. The highest BCUT2D eigenvalue weighted by atomic mass is 16.5. The van der Waals surface area contributed by atoms with Crippen molar-refractivity contribution in [3.63, 3.8) is 0 Å². The van der Waals surface area contributed by atoms with E-state index in [1.54, 1.807) is 31.2 Å². The monoisotopic (exact) mass is 377 g/mol. The van der Waals surface area contributed by atoms with Gasteiger partial charge in [0.05, 0.1) is 12.2 Å². The molecule has 0 atom stereocenters. The molecule has 0 aliphatic carbocycles. The lowest BCUT2D eigenvalue weighted by Gasteiger charge is -2.13. The number of nitrogen functional groups attached to an aromatic ring is 1. The Morgan fingerprint density at radius 2 is 1.71 bits per heavy atom. The van der Waals surface area contributed by atoms with Gasteiger partial charge in [0.25, 0.3) is 0 Å². The minimum Gasteiger partial charge on any atom is -0.462 e. The van der Waals surface area contributed by atoms with Gasteiger partial charge in [0.2, 0.25) is 0 Å².